The summed E-state index contributed by atoms with van der Waals surface area (Å²) in [5, 5.41) is 4.66. The molecular weight excluding hydrogens is 324 g/mol. The van der Waals surface area contributed by atoms with Gasteiger partial charge in [0.05, 0.1) is 11.2 Å². The molecule has 0 fully saturated rings. The second-order valence-corrected chi connectivity index (χ2v) is 6.17. The smallest absolute Gasteiger partial charge is 0.0934 e. The number of nitrogens with one attached hydrogen (secondary N) is 1. The Bertz CT molecular complexity index is 776. The number of hydrogen-bond acceptors (Lipinski definition) is 2. The van der Waals surface area contributed by atoms with Gasteiger partial charge in [0.25, 0.3) is 0 Å². The molecule has 3 aromatic rings. The molecule has 0 bridgehead atoms. The van der Waals surface area contributed by atoms with Crippen molar-refractivity contribution >= 4 is 32.5 Å². The Balaban J connectivity index is 1.92. The number of nitrogens with zero attached hydrogens (tertiary/aromatic N) is 1. The number of fused-ring (bicyclic) bond motifs is 1. The van der Waals surface area contributed by atoms with Crippen LogP contribution in [0.15, 0.2) is 53.1 Å². The molecule has 1 heterocycles. The van der Waals surface area contributed by atoms with Gasteiger partial charge in [-0.05, 0) is 58.6 Å². The van der Waals surface area contributed by atoms with Crippen molar-refractivity contribution in [3.05, 3.63) is 69.8 Å². The molecule has 1 aromatic heterocycles. The minimum absolute atomic E-state index is 0.815. The van der Waals surface area contributed by atoms with E-state index < -0.39 is 0 Å². The number of pyridine rings is 1. The fourth-order valence-electron chi connectivity index (χ4n) is 2.59. The third kappa shape index (κ3) is 2.93. The van der Waals surface area contributed by atoms with Crippen LogP contribution in [-0.2, 0) is 6.54 Å². The number of aryl methyl sites for hydroxylation is 2. The molecule has 0 saturated carbocycles. The Kier molecular flexibility index (Phi) is 3.93. The molecule has 0 unspecified atom stereocenters. The molecular formula is C18H17BrN2. The van der Waals surface area contributed by atoms with Crippen molar-refractivity contribution in [3.8, 4) is 0 Å². The summed E-state index contributed by atoms with van der Waals surface area (Å²) in [5.41, 5.74) is 6.07. The van der Waals surface area contributed by atoms with Crippen molar-refractivity contribution in [3.63, 3.8) is 0 Å². The highest BCUT2D eigenvalue weighted by Gasteiger charge is 2.05. The lowest BCUT2D eigenvalue weighted by Crippen LogP contribution is -2.04. The molecule has 1 N–H and O–H groups in total. The first-order valence-electron chi connectivity index (χ1n) is 6.98. The number of aromatic nitrogens is 1. The molecule has 0 saturated heterocycles. The van der Waals surface area contributed by atoms with E-state index in [-0.39, 0.29) is 0 Å². The van der Waals surface area contributed by atoms with Crippen LogP contribution in [-0.4, -0.2) is 4.98 Å². The fraction of sp³-hybridized carbons (Fsp3) is 0.167. The molecule has 2 aromatic carbocycles. The van der Waals surface area contributed by atoms with Gasteiger partial charge in [-0.15, -0.1) is 0 Å². The molecule has 3 rings (SSSR count). The van der Waals surface area contributed by atoms with E-state index in [1.807, 2.05) is 6.20 Å². The highest BCUT2D eigenvalue weighted by molar-refractivity contribution is 9.10. The maximum absolute atomic E-state index is 4.53. The average Bonchev–Trinajstić information content (AvgIpc) is 2.46. The average molecular weight is 341 g/mol. The first-order valence-corrected chi connectivity index (χ1v) is 7.77. The molecule has 3 heteroatoms. The number of rotatable bonds is 3. The number of para-hydroxylation sites is 1. The molecule has 0 aliphatic rings. The van der Waals surface area contributed by atoms with Crippen LogP contribution in [0.4, 0.5) is 5.69 Å². The van der Waals surface area contributed by atoms with Gasteiger partial charge < -0.3 is 5.32 Å². The number of halogens is 1. The van der Waals surface area contributed by atoms with Crippen LogP contribution < -0.4 is 5.32 Å². The SMILES string of the molecule is Cc1cccc(C)c1CNc1cccc2cc(Br)cnc12. The zero-order chi connectivity index (χ0) is 14.8. The molecule has 106 valence electrons. The zero-order valence-electron chi connectivity index (χ0n) is 12.2. The highest BCUT2D eigenvalue weighted by Crippen LogP contribution is 2.25. The summed E-state index contributed by atoms with van der Waals surface area (Å²) in [6.45, 7) is 5.13. The van der Waals surface area contributed by atoms with Crippen molar-refractivity contribution in [2.45, 2.75) is 20.4 Å². The largest absolute Gasteiger partial charge is 0.379 e. The van der Waals surface area contributed by atoms with Crippen LogP contribution in [0.25, 0.3) is 10.9 Å². The van der Waals surface area contributed by atoms with E-state index in [9.17, 15) is 0 Å². The zero-order valence-corrected chi connectivity index (χ0v) is 13.7. The number of anilines is 1. The molecule has 0 spiro atoms. The summed E-state index contributed by atoms with van der Waals surface area (Å²) in [5.74, 6) is 0. The first-order chi connectivity index (χ1) is 10.1. The third-order valence-electron chi connectivity index (χ3n) is 3.78. The summed E-state index contributed by atoms with van der Waals surface area (Å²) in [6.07, 6.45) is 1.84. The van der Waals surface area contributed by atoms with Gasteiger partial charge >= 0.3 is 0 Å². The van der Waals surface area contributed by atoms with Crippen LogP contribution in [0.3, 0.4) is 0 Å². The van der Waals surface area contributed by atoms with Crippen LogP contribution in [0.1, 0.15) is 16.7 Å². The predicted molar refractivity (Wildman–Crippen MR) is 92.7 cm³/mol. The minimum atomic E-state index is 0.815. The Morgan fingerprint density at radius 1 is 1.05 bits per heavy atom. The van der Waals surface area contributed by atoms with Gasteiger partial charge in [0.15, 0.2) is 0 Å². The van der Waals surface area contributed by atoms with Crippen LogP contribution >= 0.6 is 15.9 Å². The lowest BCUT2D eigenvalue weighted by Gasteiger charge is -2.13. The van der Waals surface area contributed by atoms with Crippen LogP contribution in [0.2, 0.25) is 0 Å². The van der Waals surface area contributed by atoms with Crippen molar-refractivity contribution in [1.82, 2.24) is 4.98 Å². The van der Waals surface area contributed by atoms with Gasteiger partial charge in [-0.2, -0.15) is 0 Å². The number of benzene rings is 2. The van der Waals surface area contributed by atoms with Crippen LogP contribution in [0.5, 0.6) is 0 Å². The van der Waals surface area contributed by atoms with E-state index in [4.69, 9.17) is 0 Å². The molecule has 0 radical (unpaired) electrons. The molecule has 0 aliphatic carbocycles. The lowest BCUT2D eigenvalue weighted by atomic mass is 10.0. The second-order valence-electron chi connectivity index (χ2n) is 5.25. The lowest BCUT2D eigenvalue weighted by molar-refractivity contribution is 1.09. The third-order valence-corrected chi connectivity index (χ3v) is 4.21. The van der Waals surface area contributed by atoms with E-state index >= 15 is 0 Å². The first kappa shape index (κ1) is 14.1. The van der Waals surface area contributed by atoms with Gasteiger partial charge in [0.1, 0.15) is 0 Å². The summed E-state index contributed by atoms with van der Waals surface area (Å²) in [7, 11) is 0. The monoisotopic (exact) mass is 340 g/mol. The van der Waals surface area contributed by atoms with Gasteiger partial charge in [-0.1, -0.05) is 30.3 Å². The van der Waals surface area contributed by atoms with E-state index in [1.54, 1.807) is 0 Å². The minimum Gasteiger partial charge on any atom is -0.379 e. The number of hydrogen-bond donors (Lipinski definition) is 1. The van der Waals surface area contributed by atoms with Crippen molar-refractivity contribution in [2.24, 2.45) is 0 Å². The molecule has 0 amide bonds. The summed E-state index contributed by atoms with van der Waals surface area (Å²) >= 11 is 3.47. The van der Waals surface area contributed by atoms with Crippen molar-refractivity contribution < 1.29 is 0 Å². The highest BCUT2D eigenvalue weighted by atomic mass is 79.9. The normalized spacial score (nSPS) is 10.8. The fourth-order valence-corrected chi connectivity index (χ4v) is 2.94. The Morgan fingerprint density at radius 2 is 1.76 bits per heavy atom. The molecule has 21 heavy (non-hydrogen) atoms. The second kappa shape index (κ2) is 5.86. The van der Waals surface area contributed by atoms with E-state index in [2.05, 4.69) is 82.5 Å². The predicted octanol–water partition coefficient (Wildman–Crippen LogP) is 5.23. The summed E-state index contributed by atoms with van der Waals surface area (Å²) in [4.78, 5) is 4.53. The van der Waals surface area contributed by atoms with E-state index in [1.165, 1.54) is 16.7 Å². The van der Waals surface area contributed by atoms with Gasteiger partial charge in [0.2, 0.25) is 0 Å². The van der Waals surface area contributed by atoms with Crippen molar-refractivity contribution in [1.29, 1.82) is 0 Å². The molecule has 0 atom stereocenters. The van der Waals surface area contributed by atoms with Gasteiger partial charge in [-0.25, -0.2) is 0 Å². The van der Waals surface area contributed by atoms with Gasteiger partial charge in [-0.3, -0.25) is 4.98 Å². The Morgan fingerprint density at radius 3 is 2.52 bits per heavy atom. The van der Waals surface area contributed by atoms with E-state index in [0.717, 1.165) is 27.6 Å². The topological polar surface area (TPSA) is 24.9 Å². The standard InChI is InChI=1S/C18H17BrN2/c1-12-5-3-6-13(2)16(12)11-20-17-8-4-7-14-9-15(19)10-21-18(14)17/h3-10,20H,11H2,1-2H3. The Hall–Kier alpha value is -1.87. The van der Waals surface area contributed by atoms with Crippen molar-refractivity contribution in [2.75, 3.05) is 5.32 Å². The summed E-state index contributed by atoms with van der Waals surface area (Å²) < 4.78 is 1.00. The van der Waals surface area contributed by atoms with E-state index in [0.29, 0.717) is 0 Å². The summed E-state index contributed by atoms with van der Waals surface area (Å²) in [6, 6.07) is 14.7. The maximum Gasteiger partial charge on any atom is 0.0934 e. The maximum atomic E-state index is 4.53. The quantitative estimate of drug-likeness (QED) is 0.706. The molecule has 2 nitrogen and oxygen atoms in total. The Labute approximate surface area is 133 Å². The van der Waals surface area contributed by atoms with Crippen LogP contribution in [0, 0.1) is 13.8 Å². The molecule has 0 aliphatic heterocycles. The van der Waals surface area contributed by atoms with Gasteiger partial charge in [0, 0.05) is 22.6 Å².